The zero-order valence-corrected chi connectivity index (χ0v) is 38.2. The number of aliphatic imine (C=N–C) groups is 1. The van der Waals surface area contributed by atoms with E-state index in [1.165, 1.54) is 0 Å². The third kappa shape index (κ3) is 16.4. The van der Waals surface area contributed by atoms with Gasteiger partial charge in [0.05, 0.1) is 27.7 Å². The van der Waals surface area contributed by atoms with E-state index < -0.39 is 17.7 Å². The molecule has 0 unspecified atom stereocenters. The highest BCUT2D eigenvalue weighted by atomic mass is 33.1. The molecule has 0 aliphatic carbocycles. The number of aromatic hydroxyl groups is 2. The Morgan fingerprint density at radius 1 is 0.621 bits per heavy atom. The normalized spacial score (nSPS) is 10.3. The number of rotatable bonds is 8. The lowest BCUT2D eigenvalue weighted by Gasteiger charge is -2.11. The number of hydrogen-bond acceptors (Lipinski definition) is 11. The number of thiocarbonyl (C=S) groups is 1. The van der Waals surface area contributed by atoms with Crippen LogP contribution in [-0.2, 0) is 17.7 Å². The molecule has 0 fully saturated rings. The first-order chi connectivity index (χ1) is 27.8. The van der Waals surface area contributed by atoms with Crippen molar-refractivity contribution >= 4 is 77.9 Å². The lowest BCUT2D eigenvalue weighted by atomic mass is 9.81. The summed E-state index contributed by atoms with van der Waals surface area (Å²) < 4.78 is 64.9. The Morgan fingerprint density at radius 3 is 1.38 bits per heavy atom. The molecule has 0 saturated heterocycles. The molecule has 4 radical (unpaired) electrons. The SMILES string of the molecule is C.CC.COc1cc(C)c(SS(=O)(=O)c2ccc(C)cc2)cc1C.Cc1cc(N=C=S)c(C)cc1O.Cc1ccc(S(=O)(=O)Sc2cc(C)c(O)cc2C)cc1.[2H][2H].[B][B]. The van der Waals surface area contributed by atoms with Gasteiger partial charge in [0.25, 0.3) is 0 Å². The second kappa shape index (κ2) is 25.5. The van der Waals surface area contributed by atoms with Crippen molar-refractivity contribution in [3.8, 4) is 17.2 Å². The Labute approximate surface area is 365 Å². The second-order valence-electron chi connectivity index (χ2n) is 12.3. The Hall–Kier alpha value is -3.97. The van der Waals surface area contributed by atoms with Gasteiger partial charge in [0, 0.05) is 49.8 Å². The maximum Gasteiger partial charge on any atom is 0.234 e. The number of phenolic OH excluding ortho intramolecular Hbond substituents is 2. The maximum absolute atomic E-state index is 12.5. The summed E-state index contributed by atoms with van der Waals surface area (Å²) in [6.45, 7) is 18.8. The molecule has 8 nitrogen and oxygen atoms in total. The summed E-state index contributed by atoms with van der Waals surface area (Å²) in [7, 11) is 4.45. The minimum atomic E-state index is -3.45. The van der Waals surface area contributed by atoms with Gasteiger partial charge >= 0.3 is 0 Å². The number of ether oxygens (including phenoxy) is 1. The summed E-state index contributed by atoms with van der Waals surface area (Å²) >= 11 is 4.49. The summed E-state index contributed by atoms with van der Waals surface area (Å²) in [5.74, 6) is 1.24. The van der Waals surface area contributed by atoms with Crippen LogP contribution in [0.3, 0.4) is 0 Å². The molecule has 310 valence electrons. The number of aryl methyl sites for hydroxylation is 8. The first-order valence-electron chi connectivity index (χ1n) is 18.5. The van der Waals surface area contributed by atoms with Gasteiger partial charge in [-0.3, -0.25) is 0 Å². The van der Waals surface area contributed by atoms with Gasteiger partial charge in [-0.2, -0.15) is 4.99 Å². The summed E-state index contributed by atoms with van der Waals surface area (Å²) in [5.41, 5.74) is 7.73. The van der Waals surface area contributed by atoms with Crippen LogP contribution in [-0.4, -0.2) is 54.8 Å². The second-order valence-corrected chi connectivity index (χ2v) is 20.1. The van der Waals surface area contributed by atoms with Crippen molar-refractivity contribution in [1.82, 2.24) is 0 Å². The number of phenols is 2. The molecule has 0 bridgehead atoms. The van der Waals surface area contributed by atoms with Crippen LogP contribution < -0.4 is 4.74 Å². The monoisotopic (exact) mass is 881 g/mol. The fourth-order valence-electron chi connectivity index (χ4n) is 4.63. The number of hydrogen-bond donors (Lipinski definition) is 2. The number of nitrogens with zero attached hydrogens (tertiary/aromatic N) is 1. The first-order valence-corrected chi connectivity index (χ1v) is 23.5. The number of benzene rings is 5. The Morgan fingerprint density at radius 2 is 0.983 bits per heavy atom. The zero-order chi connectivity index (χ0) is 45.7. The van der Waals surface area contributed by atoms with E-state index in [2.05, 4.69) is 37.8 Å². The van der Waals surface area contributed by atoms with Crippen molar-refractivity contribution in [3.05, 3.63) is 129 Å². The first kappa shape index (κ1) is 52.0. The van der Waals surface area contributed by atoms with Crippen molar-refractivity contribution in [2.45, 2.75) is 96.2 Å². The molecule has 5 aromatic rings. The van der Waals surface area contributed by atoms with Crippen LogP contribution in [0, 0.1) is 55.4 Å². The maximum atomic E-state index is 12.5. The van der Waals surface area contributed by atoms with Crippen LogP contribution in [0.15, 0.2) is 110 Å². The minimum absolute atomic E-state index is 0. The van der Waals surface area contributed by atoms with Crippen molar-refractivity contribution in [2.75, 3.05) is 7.11 Å². The zero-order valence-electron chi connectivity index (χ0n) is 36.2. The van der Waals surface area contributed by atoms with Gasteiger partial charge in [-0.25, -0.2) is 16.8 Å². The van der Waals surface area contributed by atoms with Crippen LogP contribution in [0.2, 0.25) is 0 Å². The van der Waals surface area contributed by atoms with E-state index in [0.717, 1.165) is 76.9 Å². The largest absolute Gasteiger partial charge is 0.508 e. The molecular formula is C43H55B2NO7S5. The van der Waals surface area contributed by atoms with Crippen molar-refractivity contribution < 1.29 is 34.8 Å². The lowest BCUT2D eigenvalue weighted by molar-refractivity contribution is 0.411. The summed E-state index contributed by atoms with van der Waals surface area (Å²) in [5, 5.41) is 21.2. The van der Waals surface area contributed by atoms with E-state index in [0.29, 0.717) is 20.2 Å². The number of isothiocyanates is 1. The van der Waals surface area contributed by atoms with E-state index >= 15 is 0 Å². The van der Waals surface area contributed by atoms with Gasteiger partial charge in [-0.15, -0.1) is 0 Å². The third-order valence-corrected chi connectivity index (χ3v) is 14.9. The van der Waals surface area contributed by atoms with Crippen LogP contribution in [0.4, 0.5) is 5.69 Å². The van der Waals surface area contributed by atoms with Crippen LogP contribution in [0.1, 0.15) is 68.8 Å². The van der Waals surface area contributed by atoms with Crippen LogP contribution in [0.25, 0.3) is 0 Å². The standard InChI is InChI=1S/C16H18O3S2.C15H16O3S2.C9H9NOS.C2H6.CH4.B2.H2/c1-11-5-7-14(8-6-11)21(17,18)20-16-10-12(2)15(19-4)9-13(16)3;1-10-4-6-13(7-5-10)20(17,18)19-15-9-11(2)14(16)8-12(15)3;1-6-4-9(11)7(2)3-8(6)10-5-12;1-2;;1-2;/h5-10H,1-4H3;4-9,16H,1-3H3;3-4,11H,1-2H3;1-2H3;1H4;;1H/i;;;;;;1+1D. The Balaban J connectivity index is 0. The fraction of sp³-hybridized carbons (Fsp3) is 0.279. The smallest absolute Gasteiger partial charge is 0.234 e. The molecule has 0 amide bonds. The van der Waals surface area contributed by atoms with Gasteiger partial charge in [-0.1, -0.05) is 56.7 Å². The summed E-state index contributed by atoms with van der Waals surface area (Å²) in [6.07, 6.45) is 0. The average Bonchev–Trinajstić information content (AvgIpc) is 3.20. The molecule has 0 aliphatic heterocycles. The quantitative estimate of drug-likeness (QED) is 0.0672. The lowest BCUT2D eigenvalue weighted by Crippen LogP contribution is -1.97. The fourth-order valence-corrected chi connectivity index (χ4v) is 10.9. The van der Waals surface area contributed by atoms with E-state index in [9.17, 15) is 27.0 Å². The van der Waals surface area contributed by atoms with E-state index in [-0.39, 0.29) is 18.9 Å². The predicted octanol–water partition coefficient (Wildman–Crippen LogP) is 11.8. The van der Waals surface area contributed by atoms with Gasteiger partial charge in [0.15, 0.2) is 0 Å². The number of methoxy groups -OCH3 is 1. The van der Waals surface area contributed by atoms with Crippen molar-refractivity contribution in [2.24, 2.45) is 4.99 Å². The highest BCUT2D eigenvalue weighted by Crippen LogP contribution is 2.37. The summed E-state index contributed by atoms with van der Waals surface area (Å²) in [6, 6.07) is 24.1. The molecular weight excluding hydrogens is 824 g/mol. The molecule has 0 aliphatic rings. The molecule has 5 aromatic carbocycles. The molecule has 0 aromatic heterocycles. The molecule has 0 saturated carbocycles. The van der Waals surface area contributed by atoms with Gasteiger partial charge < -0.3 is 14.9 Å². The highest BCUT2D eigenvalue weighted by molar-refractivity contribution is 8.72. The van der Waals surface area contributed by atoms with Crippen molar-refractivity contribution in [1.29, 1.82) is 0 Å². The van der Waals surface area contributed by atoms with Gasteiger partial charge in [-0.05, 0) is 162 Å². The molecule has 0 atom stereocenters. The van der Waals surface area contributed by atoms with E-state index in [4.69, 9.17) is 7.71 Å². The average molecular weight is 882 g/mol. The minimum Gasteiger partial charge on any atom is -0.508 e. The highest BCUT2D eigenvalue weighted by Gasteiger charge is 2.20. The molecule has 0 spiro atoms. The van der Waals surface area contributed by atoms with Crippen LogP contribution >= 0.6 is 33.8 Å². The molecule has 5 rings (SSSR count). The predicted molar refractivity (Wildman–Crippen MR) is 252 cm³/mol. The molecule has 0 heterocycles. The van der Waals surface area contributed by atoms with E-state index in [1.807, 2.05) is 67.5 Å². The molecule has 15 heteroatoms. The van der Waals surface area contributed by atoms with Crippen molar-refractivity contribution in [3.63, 3.8) is 0 Å². The van der Waals surface area contributed by atoms with Gasteiger partial charge in [0.1, 0.15) is 17.2 Å². The molecule has 58 heavy (non-hydrogen) atoms. The Kier molecular flexibility index (Phi) is 22.9. The van der Waals surface area contributed by atoms with Crippen LogP contribution in [0.5, 0.6) is 17.2 Å². The third-order valence-electron chi connectivity index (χ3n) is 7.88. The topological polar surface area (TPSA) is 130 Å². The van der Waals surface area contributed by atoms with Gasteiger partial charge in [0.2, 0.25) is 17.7 Å². The summed E-state index contributed by atoms with van der Waals surface area (Å²) in [4.78, 5) is 5.85. The Bertz CT molecular complexity index is 2380. The molecule has 2 N–H and O–H groups in total. The van der Waals surface area contributed by atoms with E-state index in [1.54, 1.807) is 93.8 Å².